The second-order valence-electron chi connectivity index (χ2n) is 12.1. The van der Waals surface area contributed by atoms with E-state index in [1.165, 1.54) is 25.6 Å². The maximum atomic E-state index is 13.6. The summed E-state index contributed by atoms with van der Waals surface area (Å²) in [4.78, 5) is 30.4. The van der Waals surface area contributed by atoms with E-state index in [0.29, 0.717) is 10.5 Å². The predicted octanol–water partition coefficient (Wildman–Crippen LogP) is -2.46. The van der Waals surface area contributed by atoms with E-state index in [1.807, 2.05) is 0 Å². The fourth-order valence-electron chi connectivity index (χ4n) is 6.20. The predicted molar refractivity (Wildman–Crippen MR) is 168 cm³/mol. The summed E-state index contributed by atoms with van der Waals surface area (Å²) in [6.07, 6.45) is 2.54. The Morgan fingerprint density at radius 3 is 2.50 bits per heavy atom. The lowest BCUT2D eigenvalue weighted by Crippen LogP contribution is -3.09. The van der Waals surface area contributed by atoms with Crippen LogP contribution in [0.3, 0.4) is 0 Å². The largest absolute Gasteiger partial charge is 0.477 e. The average Bonchev–Trinajstić information content (AvgIpc) is 3.08. The van der Waals surface area contributed by atoms with Gasteiger partial charge in [-0.15, -0.1) is 6.58 Å². The van der Waals surface area contributed by atoms with E-state index in [4.69, 9.17) is 24.7 Å². The van der Waals surface area contributed by atoms with Gasteiger partial charge in [-0.05, 0) is 25.7 Å². The highest BCUT2D eigenvalue weighted by Gasteiger charge is 2.47. The topological polar surface area (TPSA) is 247 Å². The van der Waals surface area contributed by atoms with Gasteiger partial charge in [0, 0.05) is 18.5 Å². The zero-order valence-corrected chi connectivity index (χ0v) is 26.8. The summed E-state index contributed by atoms with van der Waals surface area (Å²) in [6.45, 7) is 3.51. The number of carbonyl (C=O) groups excluding carboxylic acids is 1. The van der Waals surface area contributed by atoms with Crippen molar-refractivity contribution >= 4 is 17.9 Å². The van der Waals surface area contributed by atoms with Crippen molar-refractivity contribution in [3.05, 3.63) is 59.7 Å². The van der Waals surface area contributed by atoms with Crippen LogP contribution in [0, 0.1) is 11.8 Å². The Balaban J connectivity index is 1.72. The van der Waals surface area contributed by atoms with E-state index in [1.54, 1.807) is 12.2 Å². The minimum atomic E-state index is -1.71. The number of nitrogens with two attached hydrogens (primary N) is 1. The zero-order chi connectivity index (χ0) is 35.0. The van der Waals surface area contributed by atoms with E-state index in [2.05, 4.69) is 16.9 Å². The van der Waals surface area contributed by atoms with Gasteiger partial charge >= 0.3 is 11.9 Å². The maximum Gasteiger partial charge on any atom is 0.343 e. The van der Waals surface area contributed by atoms with Gasteiger partial charge in [-0.3, -0.25) is 4.99 Å². The third kappa shape index (κ3) is 8.69. The van der Waals surface area contributed by atoms with Gasteiger partial charge in [0.2, 0.25) is 6.29 Å². The molecule has 9 atom stereocenters. The van der Waals surface area contributed by atoms with Gasteiger partial charge in [-0.2, -0.15) is 0 Å². The number of aliphatic imine (C=N–C) groups is 1. The number of quaternary nitrogens is 1. The minimum absolute atomic E-state index is 0.0340. The lowest BCUT2D eigenvalue weighted by atomic mass is 9.83. The highest BCUT2D eigenvalue weighted by Crippen LogP contribution is 2.37. The molecule has 0 aromatic carbocycles. The molecule has 3 aliphatic heterocycles. The summed E-state index contributed by atoms with van der Waals surface area (Å²) in [5.74, 6) is -3.54. The molecule has 0 aromatic rings. The van der Waals surface area contributed by atoms with Crippen LogP contribution in [-0.2, 0) is 28.5 Å². The van der Waals surface area contributed by atoms with Gasteiger partial charge in [0.1, 0.15) is 55.4 Å². The monoisotopic (exact) mass is 679 g/mol. The van der Waals surface area contributed by atoms with Gasteiger partial charge in [-0.1, -0.05) is 24.6 Å². The fraction of sp³-hybridized carbons (Fsp3) is 0.594. The highest BCUT2D eigenvalue weighted by atomic mass is 16.8. The minimum Gasteiger partial charge on any atom is -0.477 e. The van der Waals surface area contributed by atoms with E-state index >= 15 is 0 Å². The highest BCUT2D eigenvalue weighted by molar-refractivity contribution is 5.94. The van der Waals surface area contributed by atoms with Crippen molar-refractivity contribution in [1.82, 2.24) is 5.32 Å². The number of hydrogen-bond donors (Lipinski definition) is 9. The molecular formula is C32H47N4O12+. The molecule has 9 unspecified atom stereocenters. The normalized spacial score (nSPS) is 33.5. The van der Waals surface area contributed by atoms with Crippen LogP contribution in [0.4, 0.5) is 0 Å². The van der Waals surface area contributed by atoms with Gasteiger partial charge < -0.3 is 65.5 Å². The molecule has 2 fully saturated rings. The molecular weight excluding hydrogens is 632 g/mol. The molecule has 1 aliphatic carbocycles. The molecule has 1 saturated heterocycles. The van der Waals surface area contributed by atoms with E-state index in [0.717, 1.165) is 32.1 Å². The van der Waals surface area contributed by atoms with Crippen LogP contribution in [0.1, 0.15) is 32.1 Å². The van der Waals surface area contributed by atoms with Crippen LogP contribution in [0.2, 0.25) is 0 Å². The number of aliphatic hydroxyl groups excluding tert-OH is 5. The second-order valence-corrected chi connectivity index (χ2v) is 12.1. The lowest BCUT2D eigenvalue weighted by molar-refractivity contribution is -0.843. The number of nitrogens with zero attached hydrogens (tertiary/aromatic N) is 1. The molecule has 4 aliphatic rings. The molecule has 10 N–H and O–H groups in total. The lowest BCUT2D eigenvalue weighted by Gasteiger charge is -2.42. The van der Waals surface area contributed by atoms with E-state index in [9.17, 15) is 40.2 Å². The third-order valence-corrected chi connectivity index (χ3v) is 8.89. The van der Waals surface area contributed by atoms with Crippen LogP contribution >= 0.6 is 0 Å². The molecule has 0 bridgehead atoms. The Bertz CT molecular complexity index is 1320. The van der Waals surface area contributed by atoms with Gasteiger partial charge in [0.25, 0.3) is 0 Å². The first-order valence-corrected chi connectivity index (χ1v) is 16.0. The van der Waals surface area contributed by atoms with Gasteiger partial charge in [0.05, 0.1) is 36.7 Å². The molecule has 16 nitrogen and oxygen atoms in total. The molecule has 1 saturated carbocycles. The summed E-state index contributed by atoms with van der Waals surface area (Å²) in [7, 11) is 1.44. The van der Waals surface area contributed by atoms with Crippen LogP contribution in [0.25, 0.3) is 0 Å². The molecule has 3 heterocycles. The van der Waals surface area contributed by atoms with Crippen LogP contribution in [0.5, 0.6) is 0 Å². The average molecular weight is 680 g/mol. The number of aliphatic hydroxyl groups is 5. The number of carbonyl (C=O) groups is 2. The fourth-order valence-corrected chi connectivity index (χ4v) is 6.20. The number of carboxylic acid groups (broad SMARTS) is 1. The van der Waals surface area contributed by atoms with Crippen molar-refractivity contribution < 1.29 is 64.1 Å². The number of aliphatic carboxylic acids is 1. The zero-order valence-electron chi connectivity index (χ0n) is 26.8. The van der Waals surface area contributed by atoms with Crippen molar-refractivity contribution in [2.24, 2.45) is 22.6 Å². The molecule has 0 radical (unpaired) electrons. The molecule has 0 aromatic heterocycles. The first kappa shape index (κ1) is 37.2. The Morgan fingerprint density at radius 1 is 1.15 bits per heavy atom. The maximum absolute atomic E-state index is 13.6. The van der Waals surface area contributed by atoms with Crippen molar-refractivity contribution in [2.75, 3.05) is 33.4 Å². The van der Waals surface area contributed by atoms with Crippen LogP contribution in [0.15, 0.2) is 64.7 Å². The Labute approximate surface area is 278 Å². The van der Waals surface area contributed by atoms with Crippen LogP contribution in [-0.4, -0.2) is 125 Å². The number of esters is 1. The summed E-state index contributed by atoms with van der Waals surface area (Å²) >= 11 is 0. The second kappa shape index (κ2) is 17.2. The van der Waals surface area contributed by atoms with Crippen molar-refractivity contribution in [3.8, 4) is 0 Å². The number of guanidine groups is 1. The van der Waals surface area contributed by atoms with Gasteiger partial charge in [-0.25, -0.2) is 9.59 Å². The molecule has 16 heteroatoms. The van der Waals surface area contributed by atoms with Crippen molar-refractivity contribution in [2.45, 2.75) is 75.2 Å². The quantitative estimate of drug-likeness (QED) is 0.0450. The molecule has 266 valence electrons. The molecule has 0 spiro atoms. The smallest absolute Gasteiger partial charge is 0.343 e. The standard InChI is InChI=1S/C32H46N4O12/c1-3-19-20(10-9-17-13-36(11-12-37)14-21(28(42)43)24(17)35-32(33)34-2)22(29(44)46-18-7-5-4-6-8-18)16-45-30(19)48-31-27(41)26(40)25(39)23(15-38)47-31/h3,9-10,14,16,18-20,23,25-27,30-31,37-41H,1,4-8,11-13,15H2,2H3,(H,42,43)(H3,33,34,35)/p+1. The number of carboxylic acids is 1. The number of ether oxygens (including phenoxy) is 4. The first-order chi connectivity index (χ1) is 23.0. The molecule has 48 heavy (non-hydrogen) atoms. The summed E-state index contributed by atoms with van der Waals surface area (Å²) in [5, 5.41) is 63.2. The Kier molecular flexibility index (Phi) is 13.3. The van der Waals surface area contributed by atoms with Crippen molar-refractivity contribution in [3.63, 3.8) is 0 Å². The summed E-state index contributed by atoms with van der Waals surface area (Å²) in [5.41, 5.74) is 6.61. The Morgan fingerprint density at radius 2 is 1.88 bits per heavy atom. The number of rotatable bonds is 12. The Hall–Kier alpha value is -3.61. The molecule has 0 amide bonds. The number of allylic oxidation sites excluding steroid dienone is 1. The third-order valence-electron chi connectivity index (χ3n) is 8.89. The number of hydrogen-bond acceptors (Lipinski definition) is 12. The van der Waals surface area contributed by atoms with E-state index < -0.39 is 67.4 Å². The summed E-state index contributed by atoms with van der Waals surface area (Å²) < 4.78 is 23.1. The van der Waals surface area contributed by atoms with Crippen molar-refractivity contribution in [1.29, 1.82) is 0 Å². The van der Waals surface area contributed by atoms with Gasteiger partial charge in [0.15, 0.2) is 12.2 Å². The SMILES string of the molecule is C=CC1C(OC2OC(CO)C(O)C(O)C2O)OC=C(C(=O)OC2CCCCC2)C1C=CC1=C(NC(N)=NC)C(C(=O)O)=C[NH+](CCO)C1. The number of nitrogens with one attached hydrogen (secondary N) is 2. The van der Waals surface area contributed by atoms with E-state index in [-0.39, 0.29) is 48.6 Å². The van der Waals surface area contributed by atoms with Crippen LogP contribution < -0.4 is 16.0 Å². The first-order valence-electron chi connectivity index (χ1n) is 16.0. The summed E-state index contributed by atoms with van der Waals surface area (Å²) in [6, 6.07) is 0. The molecule has 4 rings (SSSR count).